The second-order valence-electron chi connectivity index (χ2n) is 9.53. The Morgan fingerprint density at radius 2 is 1.03 bits per heavy atom. The molecule has 0 spiro atoms. The van der Waals surface area contributed by atoms with Crippen molar-refractivity contribution < 1.29 is 0 Å². The van der Waals surface area contributed by atoms with E-state index in [-0.39, 0.29) is 10.8 Å². The number of aryl methyl sites for hydroxylation is 2. The van der Waals surface area contributed by atoms with Gasteiger partial charge >= 0.3 is 0 Å². The molecule has 8 bridgehead atoms. The molecule has 0 unspecified atom stereocenters. The van der Waals surface area contributed by atoms with Gasteiger partial charge in [-0.3, -0.25) is 0 Å². The molecule has 0 aliphatic carbocycles. The number of rotatable bonds is 0. The van der Waals surface area contributed by atoms with Crippen molar-refractivity contribution in [2.75, 3.05) is 0 Å². The third-order valence-corrected chi connectivity index (χ3v) is 6.64. The van der Waals surface area contributed by atoms with Crippen LogP contribution >= 0.6 is 0 Å². The summed E-state index contributed by atoms with van der Waals surface area (Å²) in [6.07, 6.45) is 4.19. The van der Waals surface area contributed by atoms with Crippen LogP contribution in [0.15, 0.2) is 60.9 Å². The van der Waals surface area contributed by atoms with Crippen molar-refractivity contribution in [1.82, 2.24) is 19.1 Å². The molecule has 0 saturated carbocycles. The number of nitrogens with zero attached hydrogens (tertiary/aromatic N) is 4. The van der Waals surface area contributed by atoms with Crippen LogP contribution < -0.4 is 0 Å². The lowest BCUT2D eigenvalue weighted by Gasteiger charge is -2.27. The summed E-state index contributed by atoms with van der Waals surface area (Å²) in [6, 6.07) is 17.7. The highest BCUT2D eigenvalue weighted by Crippen LogP contribution is 2.38. The highest BCUT2D eigenvalue weighted by Gasteiger charge is 2.32. The molecule has 5 rings (SSSR count). The van der Waals surface area contributed by atoms with Crippen LogP contribution in [0.4, 0.5) is 0 Å². The zero-order valence-corrected chi connectivity index (χ0v) is 18.6. The van der Waals surface area contributed by atoms with Crippen molar-refractivity contribution in [1.29, 1.82) is 0 Å². The maximum absolute atomic E-state index is 5.05. The van der Waals surface area contributed by atoms with Gasteiger partial charge in [-0.05, 0) is 49.9 Å². The third-order valence-electron chi connectivity index (χ3n) is 6.64. The Labute approximate surface area is 178 Å². The molecule has 0 saturated heterocycles. The fraction of sp³-hybridized carbons (Fsp3) is 0.308. The zero-order chi connectivity index (χ0) is 21.3. The van der Waals surface area contributed by atoms with Crippen LogP contribution in [0.2, 0.25) is 0 Å². The standard InChI is InChI=1S/C26H28N4/c1-25(2)19-11-7-9-17(13-19)18-10-8-12-20(14-18)26(3,4)24-28-22(16-30(24)6)21-15-29(5)23(25)27-21/h7-16H,1-6H3. The van der Waals surface area contributed by atoms with Crippen molar-refractivity contribution in [2.24, 2.45) is 14.1 Å². The Kier molecular flexibility index (Phi) is 3.88. The average Bonchev–Trinajstić information content (AvgIpc) is 3.31. The first-order valence-electron chi connectivity index (χ1n) is 10.5. The predicted molar refractivity (Wildman–Crippen MR) is 122 cm³/mol. The van der Waals surface area contributed by atoms with Crippen LogP contribution in [-0.2, 0) is 24.9 Å². The third kappa shape index (κ3) is 2.67. The molecule has 0 N–H and O–H groups in total. The van der Waals surface area contributed by atoms with Gasteiger partial charge in [-0.1, -0.05) is 48.5 Å². The van der Waals surface area contributed by atoms with Gasteiger partial charge in [0.1, 0.15) is 23.0 Å². The normalized spacial score (nSPS) is 16.2. The van der Waals surface area contributed by atoms with Gasteiger partial charge in [0, 0.05) is 37.3 Å². The Hall–Kier alpha value is -3.14. The Balaban J connectivity index is 1.86. The maximum Gasteiger partial charge on any atom is 0.119 e. The minimum atomic E-state index is -0.235. The first-order chi connectivity index (χ1) is 14.2. The SMILES string of the molecule is Cn1cc2nc1C(C)(C)c1cccc(c1)-c1cccc(c1)C(C)(C)c1nc-2cn1C. The molecule has 1 aliphatic rings. The topological polar surface area (TPSA) is 35.6 Å². The summed E-state index contributed by atoms with van der Waals surface area (Å²) in [4.78, 5) is 10.1. The summed E-state index contributed by atoms with van der Waals surface area (Å²) in [6.45, 7) is 8.97. The average molecular weight is 397 g/mol. The molecule has 152 valence electrons. The number of benzene rings is 2. The van der Waals surface area contributed by atoms with E-state index in [2.05, 4.69) is 112 Å². The van der Waals surface area contributed by atoms with E-state index < -0.39 is 0 Å². The van der Waals surface area contributed by atoms with Gasteiger partial charge in [-0.15, -0.1) is 0 Å². The van der Waals surface area contributed by atoms with Gasteiger partial charge in [0.05, 0.1) is 0 Å². The van der Waals surface area contributed by atoms with Gasteiger partial charge in [-0.2, -0.15) is 0 Å². The Bertz CT molecular complexity index is 1170. The van der Waals surface area contributed by atoms with Gasteiger partial charge < -0.3 is 9.13 Å². The number of fused-ring (bicyclic) bond motifs is 10. The Morgan fingerprint density at radius 3 is 1.43 bits per heavy atom. The van der Waals surface area contributed by atoms with E-state index in [0.29, 0.717) is 0 Å². The minimum Gasteiger partial charge on any atom is -0.337 e. The highest BCUT2D eigenvalue weighted by atomic mass is 15.1. The van der Waals surface area contributed by atoms with E-state index in [4.69, 9.17) is 9.97 Å². The summed E-state index contributed by atoms with van der Waals surface area (Å²) in [5.74, 6) is 2.07. The monoisotopic (exact) mass is 396 g/mol. The van der Waals surface area contributed by atoms with E-state index in [1.165, 1.54) is 22.3 Å². The van der Waals surface area contributed by atoms with Crippen LogP contribution in [0.3, 0.4) is 0 Å². The Morgan fingerprint density at radius 1 is 0.633 bits per heavy atom. The van der Waals surface area contributed by atoms with Crippen LogP contribution in [0.1, 0.15) is 50.5 Å². The van der Waals surface area contributed by atoms with Crippen LogP contribution in [0.5, 0.6) is 0 Å². The fourth-order valence-corrected chi connectivity index (χ4v) is 4.77. The molecule has 4 aromatic rings. The van der Waals surface area contributed by atoms with E-state index in [1.807, 2.05) is 0 Å². The van der Waals surface area contributed by atoms with Gasteiger partial charge in [0.25, 0.3) is 0 Å². The van der Waals surface area contributed by atoms with E-state index in [0.717, 1.165) is 23.0 Å². The van der Waals surface area contributed by atoms with Gasteiger partial charge in [0.15, 0.2) is 0 Å². The molecule has 30 heavy (non-hydrogen) atoms. The molecule has 1 aliphatic heterocycles. The van der Waals surface area contributed by atoms with Crippen molar-refractivity contribution >= 4 is 0 Å². The molecular weight excluding hydrogens is 368 g/mol. The number of hydrogen-bond acceptors (Lipinski definition) is 2. The first kappa shape index (κ1) is 18.9. The van der Waals surface area contributed by atoms with Gasteiger partial charge in [-0.25, -0.2) is 9.97 Å². The molecule has 4 heteroatoms. The van der Waals surface area contributed by atoms with Gasteiger partial charge in [0.2, 0.25) is 0 Å². The number of aromatic nitrogens is 4. The molecule has 0 atom stereocenters. The quantitative estimate of drug-likeness (QED) is 0.396. The van der Waals surface area contributed by atoms with E-state index in [1.54, 1.807) is 0 Å². The lowest BCUT2D eigenvalue weighted by molar-refractivity contribution is 0.561. The fourth-order valence-electron chi connectivity index (χ4n) is 4.77. The summed E-state index contributed by atoms with van der Waals surface area (Å²) >= 11 is 0. The van der Waals surface area contributed by atoms with Crippen molar-refractivity contribution in [3.63, 3.8) is 0 Å². The summed E-state index contributed by atoms with van der Waals surface area (Å²) in [5, 5.41) is 0. The second-order valence-corrected chi connectivity index (χ2v) is 9.53. The van der Waals surface area contributed by atoms with Crippen molar-refractivity contribution in [3.05, 3.63) is 83.7 Å². The van der Waals surface area contributed by atoms with Crippen molar-refractivity contribution in [2.45, 2.75) is 38.5 Å². The first-order valence-corrected chi connectivity index (χ1v) is 10.5. The smallest absolute Gasteiger partial charge is 0.119 e. The van der Waals surface area contributed by atoms with Crippen LogP contribution in [-0.4, -0.2) is 19.1 Å². The lowest BCUT2D eigenvalue weighted by Crippen LogP contribution is -2.24. The minimum absolute atomic E-state index is 0.235. The summed E-state index contributed by atoms with van der Waals surface area (Å²) in [5.41, 5.74) is 6.33. The predicted octanol–water partition coefficient (Wildman–Crippen LogP) is 5.45. The number of hydrogen-bond donors (Lipinski definition) is 0. The number of imidazole rings is 2. The highest BCUT2D eigenvalue weighted by molar-refractivity contribution is 5.67. The lowest BCUT2D eigenvalue weighted by atomic mass is 9.80. The van der Waals surface area contributed by atoms with E-state index in [9.17, 15) is 0 Å². The molecule has 0 amide bonds. The zero-order valence-electron chi connectivity index (χ0n) is 18.6. The summed E-state index contributed by atoms with van der Waals surface area (Å²) in [7, 11) is 4.15. The molecule has 0 radical (unpaired) electrons. The van der Waals surface area contributed by atoms with Crippen molar-refractivity contribution in [3.8, 4) is 22.5 Å². The van der Waals surface area contributed by atoms with Crippen LogP contribution in [0.25, 0.3) is 22.5 Å². The summed E-state index contributed by atoms with van der Waals surface area (Å²) < 4.78 is 4.28. The largest absolute Gasteiger partial charge is 0.337 e. The molecular formula is C26H28N4. The molecule has 4 nitrogen and oxygen atoms in total. The molecule has 2 aromatic carbocycles. The van der Waals surface area contributed by atoms with E-state index >= 15 is 0 Å². The molecule has 0 fully saturated rings. The molecule has 2 aromatic heterocycles. The maximum atomic E-state index is 5.05. The van der Waals surface area contributed by atoms with Crippen LogP contribution in [0, 0.1) is 0 Å². The molecule has 3 heterocycles. The second kappa shape index (κ2) is 6.18.